The average molecular weight is 574 g/mol. The van der Waals surface area contributed by atoms with E-state index in [9.17, 15) is 49.4 Å². The number of hydrogen-bond donors (Lipinski definition) is 3. The van der Waals surface area contributed by atoms with Crippen LogP contribution in [0.2, 0.25) is 0 Å². The number of esters is 1. The predicted octanol–water partition coefficient (Wildman–Crippen LogP) is 3.44. The first kappa shape index (κ1) is 24.1. The monoisotopic (exact) mass is 574 g/mol. The van der Waals surface area contributed by atoms with E-state index in [1.807, 2.05) is 0 Å². The van der Waals surface area contributed by atoms with Crippen LogP contribution < -0.4 is 7.06 Å². The molecule has 3 heterocycles. The summed E-state index contributed by atoms with van der Waals surface area (Å²) < 4.78 is 135. The normalized spacial score (nSPS) is 37.4. The van der Waals surface area contributed by atoms with Gasteiger partial charge in [-0.2, -0.15) is 0 Å². The Kier molecular flexibility index (Phi) is 4.85. The Balaban J connectivity index is 2.07. The summed E-state index contributed by atoms with van der Waals surface area (Å²) in [5, 5.41) is 9.75. The zero-order chi connectivity index (χ0) is 23.4. The first-order valence-electron chi connectivity index (χ1n) is 8.18. The molecule has 3 unspecified atom stereocenters. The van der Waals surface area contributed by atoms with Gasteiger partial charge in [0, 0.05) is 0 Å². The van der Waals surface area contributed by atoms with Crippen molar-refractivity contribution in [2.45, 2.75) is 72.8 Å². The van der Waals surface area contributed by atoms with Crippen LogP contribution in [0.25, 0.3) is 0 Å². The Labute approximate surface area is 170 Å². The number of aliphatic hydroxyl groups is 1. The van der Waals surface area contributed by atoms with Crippen LogP contribution in [0.4, 0.5) is 39.5 Å². The Morgan fingerprint density at radius 1 is 0.967 bits per heavy atom. The van der Waals surface area contributed by atoms with Gasteiger partial charge in [0.2, 0.25) is 0 Å². The fourth-order valence-corrected chi connectivity index (χ4v) is 8.80. The molecule has 3 rings (SSSR count). The molecule has 0 radical (unpaired) electrons. The number of hydrogen-bond acceptors (Lipinski definition) is 6. The van der Waals surface area contributed by atoms with Gasteiger partial charge >= 0.3 is 171 Å². The summed E-state index contributed by atoms with van der Waals surface area (Å²) in [6.45, 7) is 2.24. The van der Waals surface area contributed by atoms with Crippen molar-refractivity contribution in [3.63, 3.8) is 0 Å². The van der Waals surface area contributed by atoms with E-state index in [1.54, 1.807) is 0 Å². The van der Waals surface area contributed by atoms with Crippen molar-refractivity contribution in [1.82, 2.24) is 7.06 Å². The van der Waals surface area contributed by atoms with Crippen LogP contribution in [0, 0.1) is 5.41 Å². The molecule has 0 aliphatic carbocycles. The number of ether oxygens (including phenoxy) is 2. The van der Waals surface area contributed by atoms with Crippen LogP contribution in [0.1, 0.15) is 33.6 Å². The molecule has 0 saturated carbocycles. The molecule has 0 spiro atoms. The van der Waals surface area contributed by atoms with E-state index >= 15 is 0 Å². The van der Waals surface area contributed by atoms with Crippen LogP contribution in [-0.2, 0) is 14.3 Å². The Morgan fingerprint density at radius 3 is 1.77 bits per heavy atom. The third-order valence-corrected chi connectivity index (χ3v) is 10.5. The van der Waals surface area contributed by atoms with Gasteiger partial charge in [-0.25, -0.2) is 0 Å². The molecule has 6 nitrogen and oxygen atoms in total. The Morgan fingerprint density at radius 2 is 1.43 bits per heavy atom. The summed E-state index contributed by atoms with van der Waals surface area (Å²) in [4.78, 5) is 12.6. The molecule has 3 saturated heterocycles. The molecule has 3 N–H and O–H groups in total. The molecule has 3 fully saturated rings. The number of fused-ring (bicyclic) bond motifs is 1. The van der Waals surface area contributed by atoms with E-state index in [0.29, 0.717) is 0 Å². The fraction of sp³-hybridized carbons (Fsp3) is 0.929. The van der Waals surface area contributed by atoms with Crippen LogP contribution in [0.3, 0.4) is 0 Å². The van der Waals surface area contributed by atoms with Crippen LogP contribution in [0.5, 0.6) is 0 Å². The molecule has 0 aromatic carbocycles. The Hall–Kier alpha value is -0.590. The standard InChI is InChI=1S/C14H16F9IN2O4/c1-7(2,14-24(25-14)26-14)6(27)29-9(12(18,19)20)4-8(3,11(15,16)17)30-10(28,5-9)13(21,22)23/h25-26,28H,4-5H2,1-3H3. The number of carbonyl (C=O) groups excluding carboxylic acids is 1. The van der Waals surface area contributed by atoms with Gasteiger partial charge in [0.05, 0.1) is 0 Å². The van der Waals surface area contributed by atoms with E-state index in [0.717, 1.165) is 13.8 Å². The summed E-state index contributed by atoms with van der Waals surface area (Å²) >= 11 is -1.96. The van der Waals surface area contributed by atoms with Crippen LogP contribution in [-0.4, -0.2) is 50.3 Å². The number of nitrogens with one attached hydrogen (secondary N) is 2. The molecule has 3 aliphatic rings. The average Bonchev–Trinajstić information content (AvgIpc) is 3.31. The van der Waals surface area contributed by atoms with E-state index in [4.69, 9.17) is 0 Å². The van der Waals surface area contributed by atoms with Crippen molar-refractivity contribution in [2.24, 2.45) is 5.41 Å². The minimum absolute atomic E-state index is 0.0737. The maximum atomic E-state index is 13.9. The summed E-state index contributed by atoms with van der Waals surface area (Å²) in [6.07, 6.45) is -22.4. The van der Waals surface area contributed by atoms with Gasteiger partial charge in [-0.05, 0) is 0 Å². The first-order valence-corrected chi connectivity index (χ1v) is 11.4. The Bertz CT molecular complexity index is 734. The molecule has 3 atom stereocenters. The number of halogens is 10. The second kappa shape index (κ2) is 6.05. The van der Waals surface area contributed by atoms with Gasteiger partial charge < -0.3 is 0 Å². The summed E-state index contributed by atoms with van der Waals surface area (Å²) in [7, 11) is 0. The SMILES string of the molecule is CC1(C(F)(F)F)CC(OC(=O)C(C)(C)C23NI2N3)(C(F)(F)F)CC(O)(C(F)(F)F)O1. The summed E-state index contributed by atoms with van der Waals surface area (Å²) in [6, 6.07) is 0. The van der Waals surface area contributed by atoms with Gasteiger partial charge in [0.1, 0.15) is 0 Å². The molecule has 0 aromatic rings. The van der Waals surface area contributed by atoms with Crippen molar-refractivity contribution < 1.29 is 58.9 Å². The van der Waals surface area contributed by atoms with Crippen LogP contribution >= 0.6 is 20.4 Å². The van der Waals surface area contributed by atoms with Crippen molar-refractivity contribution in [1.29, 1.82) is 0 Å². The minimum atomic E-state index is -6.05. The third kappa shape index (κ3) is 3.27. The predicted molar refractivity (Wildman–Crippen MR) is 87.5 cm³/mol. The molecule has 176 valence electrons. The molecule has 0 bridgehead atoms. The number of alkyl halides is 10. The van der Waals surface area contributed by atoms with E-state index in [1.165, 1.54) is 0 Å². The second-order valence-corrected chi connectivity index (χ2v) is 12.4. The zero-order valence-corrected chi connectivity index (χ0v) is 17.5. The van der Waals surface area contributed by atoms with Gasteiger partial charge in [0.15, 0.2) is 0 Å². The molecule has 30 heavy (non-hydrogen) atoms. The van der Waals surface area contributed by atoms with Crippen molar-refractivity contribution >= 4 is 26.3 Å². The third-order valence-electron chi connectivity index (χ3n) is 5.42. The zero-order valence-electron chi connectivity index (χ0n) is 15.4. The molecule has 16 heteroatoms. The van der Waals surface area contributed by atoms with Crippen LogP contribution in [0.15, 0.2) is 0 Å². The summed E-state index contributed by atoms with van der Waals surface area (Å²) in [5.41, 5.74) is -10.1. The van der Waals surface area contributed by atoms with Crippen molar-refractivity contribution in [3.8, 4) is 0 Å². The second-order valence-electron chi connectivity index (χ2n) is 8.10. The van der Waals surface area contributed by atoms with Gasteiger partial charge in [-0.3, -0.25) is 0 Å². The fourth-order valence-electron chi connectivity index (χ4n) is 3.23. The van der Waals surface area contributed by atoms with E-state index in [2.05, 4.69) is 16.5 Å². The summed E-state index contributed by atoms with van der Waals surface area (Å²) in [5.74, 6) is -6.53. The molecular weight excluding hydrogens is 558 g/mol. The van der Waals surface area contributed by atoms with E-state index in [-0.39, 0.29) is 6.92 Å². The quantitative estimate of drug-likeness (QED) is 0.0910. The number of carbonyl (C=O) groups is 1. The van der Waals surface area contributed by atoms with E-state index < -0.39 is 83.8 Å². The van der Waals surface area contributed by atoms with Gasteiger partial charge in [0.25, 0.3) is 0 Å². The van der Waals surface area contributed by atoms with Crippen molar-refractivity contribution in [3.05, 3.63) is 0 Å². The van der Waals surface area contributed by atoms with Gasteiger partial charge in [-0.1, -0.05) is 0 Å². The van der Waals surface area contributed by atoms with Crippen molar-refractivity contribution in [2.75, 3.05) is 0 Å². The topological polar surface area (TPSA) is 99.6 Å². The molecule has 3 aliphatic heterocycles. The number of rotatable bonds is 3. The first-order chi connectivity index (χ1) is 13.1. The maximum absolute atomic E-state index is 13.9. The molecule has 0 aromatic heterocycles. The molecule has 0 amide bonds. The van der Waals surface area contributed by atoms with Gasteiger partial charge in [-0.15, -0.1) is 0 Å². The molecular formula is C14H16F9IN2O4.